The SMILES string of the molecule is Cc1ccc2c(n1)oc1c(N3C4CCC(CC4)C3C)c(C)ccc12. The molecule has 1 unspecified atom stereocenters. The van der Waals surface area contributed by atoms with Gasteiger partial charge in [-0.1, -0.05) is 12.1 Å². The van der Waals surface area contributed by atoms with Crippen molar-refractivity contribution >= 4 is 27.8 Å². The lowest BCUT2D eigenvalue weighted by Gasteiger charge is -2.52. The maximum atomic E-state index is 6.30. The topological polar surface area (TPSA) is 29.3 Å². The average molecular weight is 320 g/mol. The molecule has 4 heterocycles. The molecule has 6 rings (SSSR count). The fraction of sp³-hybridized carbons (Fsp3) is 0.476. The molecule has 1 aliphatic carbocycles. The minimum Gasteiger partial charge on any atom is -0.436 e. The van der Waals surface area contributed by atoms with Crippen LogP contribution in [-0.2, 0) is 0 Å². The third-order valence-electron chi connectivity index (χ3n) is 6.34. The van der Waals surface area contributed by atoms with Crippen LogP contribution in [0.2, 0.25) is 0 Å². The molecule has 3 aromatic rings. The van der Waals surface area contributed by atoms with Crippen LogP contribution in [0, 0.1) is 19.8 Å². The number of benzene rings is 1. The molecule has 2 bridgehead atoms. The Morgan fingerprint density at radius 1 is 1.00 bits per heavy atom. The molecule has 3 heteroatoms. The molecular formula is C21H24N2O. The predicted molar refractivity (Wildman–Crippen MR) is 98.7 cm³/mol. The number of rotatable bonds is 1. The van der Waals surface area contributed by atoms with Crippen molar-refractivity contribution < 1.29 is 4.42 Å². The normalized spacial score (nSPS) is 26.6. The van der Waals surface area contributed by atoms with E-state index >= 15 is 0 Å². The number of pyridine rings is 1. The smallest absolute Gasteiger partial charge is 0.227 e. The molecule has 3 nitrogen and oxygen atoms in total. The van der Waals surface area contributed by atoms with Gasteiger partial charge in [-0.15, -0.1) is 0 Å². The number of fused-ring (bicyclic) bond motifs is 6. The number of aryl methyl sites for hydroxylation is 2. The van der Waals surface area contributed by atoms with Gasteiger partial charge in [0.05, 0.1) is 5.69 Å². The molecular weight excluding hydrogens is 296 g/mol. The van der Waals surface area contributed by atoms with Crippen LogP contribution in [0.1, 0.15) is 43.9 Å². The van der Waals surface area contributed by atoms with Crippen molar-refractivity contribution in [2.75, 3.05) is 4.90 Å². The highest BCUT2D eigenvalue weighted by atomic mass is 16.3. The number of piperidine rings is 2. The molecule has 0 spiro atoms. The zero-order valence-electron chi connectivity index (χ0n) is 14.7. The number of furan rings is 1. The lowest BCUT2D eigenvalue weighted by Crippen LogP contribution is -2.54. The van der Waals surface area contributed by atoms with Gasteiger partial charge in [-0.05, 0) is 70.1 Å². The summed E-state index contributed by atoms with van der Waals surface area (Å²) in [6.07, 6.45) is 5.42. The lowest BCUT2D eigenvalue weighted by molar-refractivity contribution is 0.200. The van der Waals surface area contributed by atoms with Gasteiger partial charge in [0.25, 0.3) is 0 Å². The van der Waals surface area contributed by atoms with Crippen LogP contribution < -0.4 is 4.90 Å². The summed E-state index contributed by atoms with van der Waals surface area (Å²) in [7, 11) is 0. The van der Waals surface area contributed by atoms with E-state index < -0.39 is 0 Å². The highest BCUT2D eigenvalue weighted by molar-refractivity contribution is 6.08. The molecule has 3 aliphatic rings. The van der Waals surface area contributed by atoms with Crippen LogP contribution in [0.3, 0.4) is 0 Å². The molecule has 3 fully saturated rings. The van der Waals surface area contributed by atoms with Crippen LogP contribution in [0.4, 0.5) is 5.69 Å². The second-order valence-electron chi connectivity index (χ2n) is 7.73. The second-order valence-corrected chi connectivity index (χ2v) is 7.73. The minimum absolute atomic E-state index is 0.602. The Balaban J connectivity index is 1.78. The molecule has 0 amide bonds. The lowest BCUT2D eigenvalue weighted by atomic mass is 9.74. The van der Waals surface area contributed by atoms with E-state index in [0.717, 1.165) is 28.3 Å². The highest BCUT2D eigenvalue weighted by Gasteiger charge is 2.40. The number of anilines is 1. The van der Waals surface area contributed by atoms with E-state index in [1.165, 1.54) is 42.3 Å². The van der Waals surface area contributed by atoms with Crippen molar-refractivity contribution in [3.05, 3.63) is 35.5 Å². The Kier molecular flexibility index (Phi) is 2.97. The standard InChI is InChI=1S/C21H24N2O/c1-12-4-10-17-18-11-5-13(2)22-21(18)24-20(17)19(12)23-14(3)15-6-8-16(23)9-7-15/h4-5,10-11,14-16H,6-9H2,1-3H3. The van der Waals surface area contributed by atoms with Gasteiger partial charge in [0.15, 0.2) is 5.58 Å². The molecule has 0 radical (unpaired) electrons. The van der Waals surface area contributed by atoms with E-state index in [-0.39, 0.29) is 0 Å². The molecule has 1 saturated carbocycles. The van der Waals surface area contributed by atoms with Crippen molar-refractivity contribution in [2.45, 2.75) is 58.5 Å². The van der Waals surface area contributed by atoms with Gasteiger partial charge in [0.1, 0.15) is 0 Å². The van der Waals surface area contributed by atoms with Crippen LogP contribution in [0.25, 0.3) is 22.1 Å². The van der Waals surface area contributed by atoms with E-state index in [1.54, 1.807) is 0 Å². The summed E-state index contributed by atoms with van der Waals surface area (Å²) in [6, 6.07) is 9.93. The summed E-state index contributed by atoms with van der Waals surface area (Å²) in [4.78, 5) is 7.28. The van der Waals surface area contributed by atoms with E-state index in [9.17, 15) is 0 Å². The Labute approximate surface area is 142 Å². The van der Waals surface area contributed by atoms with Gasteiger partial charge in [-0.25, -0.2) is 4.98 Å². The third-order valence-corrected chi connectivity index (χ3v) is 6.34. The summed E-state index contributed by atoms with van der Waals surface area (Å²) in [6.45, 7) is 6.64. The first-order valence-electron chi connectivity index (χ1n) is 9.21. The van der Waals surface area contributed by atoms with Crippen molar-refractivity contribution in [2.24, 2.45) is 5.92 Å². The summed E-state index contributed by atoms with van der Waals surface area (Å²) >= 11 is 0. The second kappa shape index (κ2) is 4.98. The van der Waals surface area contributed by atoms with Gasteiger partial charge in [0.2, 0.25) is 5.71 Å². The summed E-state index contributed by atoms with van der Waals surface area (Å²) < 4.78 is 6.30. The zero-order valence-corrected chi connectivity index (χ0v) is 14.7. The first kappa shape index (κ1) is 14.3. The molecule has 1 aromatic carbocycles. The predicted octanol–water partition coefficient (Wildman–Crippen LogP) is 5.37. The van der Waals surface area contributed by atoms with Gasteiger partial charge in [0, 0.05) is 28.6 Å². The van der Waals surface area contributed by atoms with E-state index in [4.69, 9.17) is 4.42 Å². The van der Waals surface area contributed by atoms with Crippen molar-refractivity contribution in [1.29, 1.82) is 0 Å². The molecule has 2 saturated heterocycles. The largest absolute Gasteiger partial charge is 0.436 e. The Hall–Kier alpha value is -2.03. The van der Waals surface area contributed by atoms with Crippen LogP contribution in [0.5, 0.6) is 0 Å². The minimum atomic E-state index is 0.602. The first-order chi connectivity index (χ1) is 11.6. The zero-order chi connectivity index (χ0) is 16.4. The number of hydrogen-bond donors (Lipinski definition) is 0. The fourth-order valence-electron chi connectivity index (χ4n) is 5.03. The van der Waals surface area contributed by atoms with Crippen molar-refractivity contribution in [3.8, 4) is 0 Å². The molecule has 1 atom stereocenters. The van der Waals surface area contributed by atoms with Gasteiger partial charge < -0.3 is 9.32 Å². The molecule has 24 heavy (non-hydrogen) atoms. The Morgan fingerprint density at radius 2 is 1.75 bits per heavy atom. The average Bonchev–Trinajstić information content (AvgIpc) is 2.94. The number of hydrogen-bond acceptors (Lipinski definition) is 3. The number of aromatic nitrogens is 1. The van der Waals surface area contributed by atoms with Crippen LogP contribution >= 0.6 is 0 Å². The maximum absolute atomic E-state index is 6.30. The Morgan fingerprint density at radius 3 is 2.50 bits per heavy atom. The van der Waals surface area contributed by atoms with E-state index in [0.29, 0.717) is 12.1 Å². The quantitative estimate of drug-likeness (QED) is 0.604. The third kappa shape index (κ3) is 1.87. The van der Waals surface area contributed by atoms with E-state index in [2.05, 4.69) is 48.0 Å². The summed E-state index contributed by atoms with van der Waals surface area (Å²) in [5, 5.41) is 2.33. The monoisotopic (exact) mass is 320 g/mol. The number of nitrogens with zero attached hydrogens (tertiary/aromatic N) is 2. The summed E-state index contributed by atoms with van der Waals surface area (Å²) in [5.41, 5.74) is 5.43. The van der Waals surface area contributed by atoms with E-state index in [1.807, 2.05) is 6.92 Å². The van der Waals surface area contributed by atoms with Gasteiger partial charge in [-0.2, -0.15) is 0 Å². The molecule has 124 valence electrons. The molecule has 2 aromatic heterocycles. The van der Waals surface area contributed by atoms with Crippen molar-refractivity contribution in [1.82, 2.24) is 4.98 Å². The Bertz CT molecular complexity index is 932. The summed E-state index contributed by atoms with van der Waals surface area (Å²) in [5.74, 6) is 0.828. The van der Waals surface area contributed by atoms with Crippen molar-refractivity contribution in [3.63, 3.8) is 0 Å². The van der Waals surface area contributed by atoms with Crippen LogP contribution in [0.15, 0.2) is 28.7 Å². The van der Waals surface area contributed by atoms with Gasteiger partial charge in [-0.3, -0.25) is 0 Å². The maximum Gasteiger partial charge on any atom is 0.227 e. The van der Waals surface area contributed by atoms with Gasteiger partial charge >= 0.3 is 0 Å². The molecule has 0 N–H and O–H groups in total. The highest BCUT2D eigenvalue weighted by Crippen LogP contribution is 2.46. The first-order valence-corrected chi connectivity index (χ1v) is 9.21. The fourth-order valence-corrected chi connectivity index (χ4v) is 5.03. The molecule has 2 aliphatic heterocycles. The van der Waals surface area contributed by atoms with Crippen LogP contribution in [-0.4, -0.2) is 17.1 Å².